The van der Waals surface area contributed by atoms with Crippen LogP contribution >= 0.6 is 0 Å². The van der Waals surface area contributed by atoms with Gasteiger partial charge in [-0.1, -0.05) is 44.2 Å². The van der Waals surface area contributed by atoms with Gasteiger partial charge in [-0.25, -0.2) is 9.97 Å². The predicted molar refractivity (Wildman–Crippen MR) is 104 cm³/mol. The number of imidazole rings is 1. The van der Waals surface area contributed by atoms with Crippen molar-refractivity contribution in [3.63, 3.8) is 0 Å². The Hall–Kier alpha value is -3.41. The summed E-state index contributed by atoms with van der Waals surface area (Å²) in [5.74, 6) is 1.62. The Morgan fingerprint density at radius 2 is 1.92 bits per heavy atom. The Labute approximate surface area is 150 Å². The molecule has 2 heterocycles. The minimum Gasteiger partial charge on any atom is -0.382 e. The lowest BCUT2D eigenvalue weighted by Gasteiger charge is -2.10. The third-order valence-corrected chi connectivity index (χ3v) is 4.52. The summed E-state index contributed by atoms with van der Waals surface area (Å²) in [6.45, 7) is 4.20. The van der Waals surface area contributed by atoms with Crippen LogP contribution in [0, 0.1) is 0 Å². The van der Waals surface area contributed by atoms with E-state index in [2.05, 4.69) is 24.1 Å². The first-order chi connectivity index (χ1) is 12.6. The van der Waals surface area contributed by atoms with E-state index in [0.29, 0.717) is 12.2 Å². The Kier molecular flexibility index (Phi) is 3.80. The fourth-order valence-electron chi connectivity index (χ4n) is 3.38. The maximum absolute atomic E-state index is 10.9. The predicted octanol–water partition coefficient (Wildman–Crippen LogP) is 3.82. The molecule has 6 nitrogen and oxygen atoms in total. The number of nitrogens with zero attached hydrogens (tertiary/aromatic N) is 3. The van der Waals surface area contributed by atoms with Crippen LogP contribution in [0.2, 0.25) is 0 Å². The number of hydrogen-bond acceptors (Lipinski definition) is 4. The molecule has 2 aromatic heterocycles. The average molecular weight is 345 g/mol. The second-order valence-electron chi connectivity index (χ2n) is 6.47. The van der Waals surface area contributed by atoms with Crippen LogP contribution in [0.15, 0.2) is 48.8 Å². The number of amides is 1. The minimum atomic E-state index is 0.236. The van der Waals surface area contributed by atoms with E-state index in [1.54, 1.807) is 6.20 Å². The summed E-state index contributed by atoms with van der Waals surface area (Å²) in [7, 11) is 0. The Morgan fingerprint density at radius 1 is 1.15 bits per heavy atom. The van der Waals surface area contributed by atoms with Crippen LogP contribution in [0.25, 0.3) is 27.5 Å². The Morgan fingerprint density at radius 3 is 2.65 bits per heavy atom. The van der Waals surface area contributed by atoms with E-state index >= 15 is 0 Å². The van der Waals surface area contributed by atoms with Crippen LogP contribution < -0.4 is 11.1 Å². The summed E-state index contributed by atoms with van der Waals surface area (Å²) in [6.07, 6.45) is 4.27. The van der Waals surface area contributed by atoms with Gasteiger partial charge in [0.2, 0.25) is 6.41 Å². The van der Waals surface area contributed by atoms with Crippen molar-refractivity contribution in [1.82, 2.24) is 14.4 Å². The number of anilines is 2. The second-order valence-corrected chi connectivity index (χ2v) is 6.47. The van der Waals surface area contributed by atoms with Gasteiger partial charge in [-0.2, -0.15) is 0 Å². The van der Waals surface area contributed by atoms with Gasteiger partial charge in [0.15, 0.2) is 0 Å². The maximum atomic E-state index is 10.9. The maximum Gasteiger partial charge on any atom is 0.211 e. The summed E-state index contributed by atoms with van der Waals surface area (Å²) >= 11 is 0. The lowest BCUT2D eigenvalue weighted by Crippen LogP contribution is -1.99. The molecule has 0 saturated carbocycles. The van der Waals surface area contributed by atoms with Crippen molar-refractivity contribution in [2.24, 2.45) is 0 Å². The molecule has 0 radical (unpaired) electrons. The molecule has 0 atom stereocenters. The largest absolute Gasteiger partial charge is 0.382 e. The molecule has 0 bridgehead atoms. The highest BCUT2D eigenvalue weighted by Crippen LogP contribution is 2.37. The van der Waals surface area contributed by atoms with Crippen LogP contribution in [0.3, 0.4) is 0 Å². The molecule has 3 N–H and O–H groups in total. The summed E-state index contributed by atoms with van der Waals surface area (Å²) < 4.78 is 2.01. The first kappa shape index (κ1) is 16.1. The third-order valence-electron chi connectivity index (χ3n) is 4.52. The minimum absolute atomic E-state index is 0.236. The summed E-state index contributed by atoms with van der Waals surface area (Å²) in [5, 5.41) is 4.71. The highest BCUT2D eigenvalue weighted by Gasteiger charge is 2.19. The van der Waals surface area contributed by atoms with Crippen molar-refractivity contribution in [2.75, 3.05) is 11.1 Å². The zero-order valence-electron chi connectivity index (χ0n) is 14.6. The number of nitrogens with one attached hydrogen (secondary N) is 1. The molecular formula is C20H19N5O. The smallest absolute Gasteiger partial charge is 0.211 e. The number of hydrogen-bond donors (Lipinski definition) is 2. The van der Waals surface area contributed by atoms with Gasteiger partial charge in [0.05, 0.1) is 0 Å². The van der Waals surface area contributed by atoms with E-state index in [1.165, 1.54) is 0 Å². The standard InChI is InChI=1S/C20H19N5O/c1-12(2)20-24-17(18-19(21)22-9-10-25(18)20)15-7-8-16(23-11-26)14-6-4-3-5-13(14)15/h3-12H,1-2H3,(H2,21,22)(H,23,26). The number of aromatic nitrogens is 3. The van der Waals surface area contributed by atoms with E-state index in [0.717, 1.165) is 39.1 Å². The molecule has 6 heteroatoms. The van der Waals surface area contributed by atoms with Crippen LogP contribution in [-0.4, -0.2) is 20.8 Å². The fourth-order valence-corrected chi connectivity index (χ4v) is 3.38. The quantitative estimate of drug-likeness (QED) is 0.551. The molecule has 2 aromatic carbocycles. The number of carbonyl (C=O) groups is 1. The van der Waals surface area contributed by atoms with Gasteiger partial charge in [-0.05, 0) is 11.5 Å². The molecule has 4 rings (SSSR count). The Balaban J connectivity index is 2.09. The Bertz CT molecular complexity index is 1130. The second kappa shape index (κ2) is 6.15. The molecule has 0 aliphatic carbocycles. The van der Waals surface area contributed by atoms with Gasteiger partial charge in [-0.15, -0.1) is 0 Å². The van der Waals surface area contributed by atoms with Gasteiger partial charge >= 0.3 is 0 Å². The topological polar surface area (TPSA) is 85.3 Å². The van der Waals surface area contributed by atoms with Crippen LogP contribution in [-0.2, 0) is 4.79 Å². The molecule has 0 aliphatic heterocycles. The summed E-state index contributed by atoms with van der Waals surface area (Å²) in [4.78, 5) is 20.1. The highest BCUT2D eigenvalue weighted by atomic mass is 16.1. The van der Waals surface area contributed by atoms with E-state index in [4.69, 9.17) is 10.7 Å². The molecule has 0 fully saturated rings. The first-order valence-electron chi connectivity index (χ1n) is 8.46. The zero-order chi connectivity index (χ0) is 18.3. The zero-order valence-corrected chi connectivity index (χ0v) is 14.6. The fraction of sp³-hybridized carbons (Fsp3) is 0.150. The average Bonchev–Trinajstić information content (AvgIpc) is 3.03. The lowest BCUT2D eigenvalue weighted by molar-refractivity contribution is -0.105. The number of benzene rings is 2. The highest BCUT2D eigenvalue weighted by molar-refractivity contribution is 6.07. The SMILES string of the molecule is CC(C)c1nc(-c2ccc(NC=O)c3ccccc23)c2c(N)nccn12. The molecule has 1 amide bonds. The molecule has 0 spiro atoms. The number of fused-ring (bicyclic) bond motifs is 2. The normalized spacial score (nSPS) is 11.3. The third kappa shape index (κ3) is 2.38. The van der Waals surface area contributed by atoms with Crippen molar-refractivity contribution >= 4 is 34.2 Å². The first-order valence-corrected chi connectivity index (χ1v) is 8.46. The molecule has 26 heavy (non-hydrogen) atoms. The van der Waals surface area contributed by atoms with E-state index in [9.17, 15) is 4.79 Å². The summed E-state index contributed by atoms with van der Waals surface area (Å²) in [5.41, 5.74) is 9.52. The van der Waals surface area contributed by atoms with Crippen molar-refractivity contribution in [3.05, 3.63) is 54.6 Å². The lowest BCUT2D eigenvalue weighted by atomic mass is 10.00. The molecule has 0 saturated heterocycles. The number of rotatable bonds is 4. The number of nitrogens with two attached hydrogens (primary N) is 1. The van der Waals surface area contributed by atoms with Gasteiger partial charge in [0, 0.05) is 34.9 Å². The van der Waals surface area contributed by atoms with E-state index in [1.807, 2.05) is 47.0 Å². The number of carbonyl (C=O) groups excluding carboxylic acids is 1. The van der Waals surface area contributed by atoms with Gasteiger partial charge in [0.25, 0.3) is 0 Å². The number of nitrogen functional groups attached to an aromatic ring is 1. The van der Waals surface area contributed by atoms with Gasteiger partial charge in [0.1, 0.15) is 22.9 Å². The van der Waals surface area contributed by atoms with Crippen molar-refractivity contribution in [2.45, 2.75) is 19.8 Å². The van der Waals surface area contributed by atoms with Crippen molar-refractivity contribution in [1.29, 1.82) is 0 Å². The van der Waals surface area contributed by atoms with Gasteiger partial charge < -0.3 is 11.1 Å². The van der Waals surface area contributed by atoms with Crippen LogP contribution in [0.1, 0.15) is 25.6 Å². The summed E-state index contributed by atoms with van der Waals surface area (Å²) in [6, 6.07) is 11.8. The van der Waals surface area contributed by atoms with Crippen molar-refractivity contribution < 1.29 is 4.79 Å². The van der Waals surface area contributed by atoms with Gasteiger partial charge in [-0.3, -0.25) is 9.20 Å². The monoisotopic (exact) mass is 345 g/mol. The molecular weight excluding hydrogens is 326 g/mol. The van der Waals surface area contributed by atoms with Crippen LogP contribution in [0.4, 0.5) is 11.5 Å². The van der Waals surface area contributed by atoms with Crippen LogP contribution in [0.5, 0.6) is 0 Å². The van der Waals surface area contributed by atoms with E-state index < -0.39 is 0 Å². The molecule has 0 unspecified atom stereocenters. The van der Waals surface area contributed by atoms with Crippen molar-refractivity contribution in [3.8, 4) is 11.3 Å². The molecule has 130 valence electrons. The molecule has 4 aromatic rings. The molecule has 0 aliphatic rings. The van der Waals surface area contributed by atoms with E-state index in [-0.39, 0.29) is 5.92 Å².